The molecule has 1 aromatic heterocycles. The number of aromatic nitrogens is 1. The predicted molar refractivity (Wildman–Crippen MR) is 72.1 cm³/mol. The van der Waals surface area contributed by atoms with Crippen molar-refractivity contribution in [1.29, 1.82) is 0 Å². The van der Waals surface area contributed by atoms with Crippen molar-refractivity contribution >= 4 is 11.4 Å². The van der Waals surface area contributed by atoms with Crippen LogP contribution in [0.5, 0.6) is 0 Å². The summed E-state index contributed by atoms with van der Waals surface area (Å²) >= 11 is 0. The molecule has 2 rings (SSSR count). The molecule has 0 bridgehead atoms. The van der Waals surface area contributed by atoms with E-state index in [1.54, 1.807) is 31.5 Å². The fourth-order valence-corrected chi connectivity index (χ4v) is 1.89. The summed E-state index contributed by atoms with van der Waals surface area (Å²) in [6.07, 6.45) is -1.25. The maximum atomic E-state index is 13.0. The highest BCUT2D eigenvalue weighted by Gasteiger charge is 2.34. The molecule has 1 atom stereocenters. The number of hydrogen-bond donors (Lipinski definition) is 2. The Bertz CT molecular complexity index is 582. The highest BCUT2D eigenvalue weighted by atomic mass is 19.4. The Labute approximate surface area is 114 Å². The Morgan fingerprint density at radius 2 is 1.80 bits per heavy atom. The smallest absolute Gasteiger partial charge is 0.399 e. The molecule has 2 aromatic rings. The number of pyridine rings is 1. The van der Waals surface area contributed by atoms with E-state index in [1.807, 2.05) is 0 Å². The van der Waals surface area contributed by atoms with Crippen LogP contribution in [0.25, 0.3) is 0 Å². The van der Waals surface area contributed by atoms with Crippen molar-refractivity contribution in [1.82, 2.24) is 4.98 Å². The van der Waals surface area contributed by atoms with E-state index in [9.17, 15) is 13.2 Å². The van der Waals surface area contributed by atoms with Gasteiger partial charge in [0.05, 0.1) is 5.56 Å². The zero-order valence-corrected chi connectivity index (χ0v) is 10.8. The van der Waals surface area contributed by atoms with Crippen molar-refractivity contribution in [3.05, 3.63) is 53.9 Å². The van der Waals surface area contributed by atoms with E-state index in [4.69, 9.17) is 5.73 Å². The Kier molecular flexibility index (Phi) is 3.83. The highest BCUT2D eigenvalue weighted by Crippen LogP contribution is 2.37. The summed E-state index contributed by atoms with van der Waals surface area (Å²) in [5.74, 6) is 0. The number of benzene rings is 1. The van der Waals surface area contributed by atoms with Crippen LogP contribution in [0, 0.1) is 0 Å². The van der Waals surface area contributed by atoms with Gasteiger partial charge in [-0.3, -0.25) is 4.98 Å². The number of rotatable bonds is 3. The van der Waals surface area contributed by atoms with Crippen molar-refractivity contribution < 1.29 is 13.2 Å². The molecule has 0 aliphatic heterocycles. The van der Waals surface area contributed by atoms with Crippen molar-refractivity contribution in [3.63, 3.8) is 0 Å². The zero-order chi connectivity index (χ0) is 14.8. The van der Waals surface area contributed by atoms with E-state index in [0.717, 1.165) is 11.6 Å². The lowest BCUT2D eigenvalue weighted by Gasteiger charge is -2.20. The van der Waals surface area contributed by atoms with Crippen LogP contribution in [-0.4, -0.2) is 4.98 Å². The number of anilines is 2. The number of hydrogen-bond acceptors (Lipinski definition) is 3. The van der Waals surface area contributed by atoms with Crippen LogP contribution >= 0.6 is 0 Å². The van der Waals surface area contributed by atoms with Gasteiger partial charge in [0.25, 0.3) is 0 Å². The second-order valence-electron chi connectivity index (χ2n) is 4.45. The van der Waals surface area contributed by atoms with E-state index < -0.39 is 11.7 Å². The molecular weight excluding hydrogens is 267 g/mol. The molecule has 1 heterocycles. The van der Waals surface area contributed by atoms with Crippen LogP contribution in [0.15, 0.2) is 42.7 Å². The van der Waals surface area contributed by atoms with Crippen LogP contribution in [0.3, 0.4) is 0 Å². The highest BCUT2D eigenvalue weighted by molar-refractivity contribution is 5.60. The Balaban J connectivity index is 2.30. The normalized spacial score (nSPS) is 13.0. The molecule has 0 saturated heterocycles. The minimum absolute atomic E-state index is 0.0102. The maximum Gasteiger partial charge on any atom is 0.418 e. The monoisotopic (exact) mass is 281 g/mol. The van der Waals surface area contributed by atoms with E-state index in [1.165, 1.54) is 12.1 Å². The molecule has 0 amide bonds. The molecule has 20 heavy (non-hydrogen) atoms. The van der Waals surface area contributed by atoms with E-state index in [2.05, 4.69) is 10.3 Å². The third-order valence-corrected chi connectivity index (χ3v) is 2.93. The van der Waals surface area contributed by atoms with Crippen LogP contribution < -0.4 is 11.1 Å². The lowest BCUT2D eigenvalue weighted by atomic mass is 10.1. The zero-order valence-electron chi connectivity index (χ0n) is 10.8. The first-order valence-corrected chi connectivity index (χ1v) is 6.01. The third kappa shape index (κ3) is 3.20. The van der Waals surface area contributed by atoms with Gasteiger partial charge in [0.2, 0.25) is 0 Å². The Hall–Kier alpha value is -2.24. The number of alkyl halides is 3. The molecule has 0 fully saturated rings. The average Bonchev–Trinajstić information content (AvgIpc) is 2.40. The first-order chi connectivity index (χ1) is 9.38. The second kappa shape index (κ2) is 5.40. The van der Waals surface area contributed by atoms with Gasteiger partial charge >= 0.3 is 6.18 Å². The molecule has 0 aliphatic rings. The van der Waals surface area contributed by atoms with Crippen molar-refractivity contribution in [3.8, 4) is 0 Å². The van der Waals surface area contributed by atoms with Gasteiger partial charge in [-0.05, 0) is 42.8 Å². The number of nitrogens with two attached hydrogens (primary N) is 1. The topological polar surface area (TPSA) is 50.9 Å². The van der Waals surface area contributed by atoms with Gasteiger partial charge in [0.1, 0.15) is 0 Å². The molecular formula is C14H14F3N3. The number of halogens is 3. The lowest BCUT2D eigenvalue weighted by molar-refractivity contribution is -0.136. The van der Waals surface area contributed by atoms with Crippen LogP contribution in [0.4, 0.5) is 24.5 Å². The van der Waals surface area contributed by atoms with E-state index in [0.29, 0.717) is 0 Å². The summed E-state index contributed by atoms with van der Waals surface area (Å²) in [7, 11) is 0. The van der Waals surface area contributed by atoms with E-state index in [-0.39, 0.29) is 17.4 Å². The van der Waals surface area contributed by atoms with Gasteiger partial charge < -0.3 is 11.1 Å². The quantitative estimate of drug-likeness (QED) is 0.840. The first kappa shape index (κ1) is 14.2. The molecule has 0 aliphatic carbocycles. The molecule has 0 saturated carbocycles. The van der Waals surface area contributed by atoms with Crippen LogP contribution in [0.1, 0.15) is 24.1 Å². The number of nitrogen functional groups attached to an aromatic ring is 1. The SMILES string of the molecule is CC(Nc1ccc(N)cc1C(F)(F)F)c1ccncc1. The van der Waals surface area contributed by atoms with Gasteiger partial charge in [0.15, 0.2) is 0 Å². The first-order valence-electron chi connectivity index (χ1n) is 6.01. The minimum atomic E-state index is -4.45. The Morgan fingerprint density at radius 1 is 1.15 bits per heavy atom. The van der Waals surface area contributed by atoms with Gasteiger partial charge in [-0.1, -0.05) is 0 Å². The van der Waals surface area contributed by atoms with Gasteiger partial charge in [-0.15, -0.1) is 0 Å². The standard InChI is InChI=1S/C14H14F3N3/c1-9(10-4-6-19-7-5-10)20-13-3-2-11(18)8-12(13)14(15,16)17/h2-9,20H,18H2,1H3. The van der Waals surface area contributed by atoms with Gasteiger partial charge in [-0.2, -0.15) is 13.2 Å². The summed E-state index contributed by atoms with van der Waals surface area (Å²) in [5, 5.41) is 2.86. The summed E-state index contributed by atoms with van der Waals surface area (Å²) in [6, 6.07) is 6.95. The molecule has 0 radical (unpaired) electrons. The molecule has 0 spiro atoms. The minimum Gasteiger partial charge on any atom is -0.399 e. The lowest BCUT2D eigenvalue weighted by Crippen LogP contribution is -2.14. The number of nitrogens with one attached hydrogen (secondary N) is 1. The van der Waals surface area contributed by atoms with Crippen LogP contribution in [-0.2, 0) is 6.18 Å². The summed E-state index contributed by atoms with van der Waals surface area (Å²) in [4.78, 5) is 3.88. The summed E-state index contributed by atoms with van der Waals surface area (Å²) in [5.41, 5.74) is 5.61. The Morgan fingerprint density at radius 3 is 2.40 bits per heavy atom. The van der Waals surface area contributed by atoms with Gasteiger partial charge in [0, 0.05) is 29.8 Å². The second-order valence-corrected chi connectivity index (χ2v) is 4.45. The molecule has 3 nitrogen and oxygen atoms in total. The molecule has 6 heteroatoms. The van der Waals surface area contributed by atoms with Crippen molar-refractivity contribution in [2.24, 2.45) is 0 Å². The molecule has 106 valence electrons. The third-order valence-electron chi connectivity index (χ3n) is 2.93. The summed E-state index contributed by atoms with van der Waals surface area (Å²) < 4.78 is 38.9. The fraction of sp³-hybridized carbons (Fsp3) is 0.214. The molecule has 3 N–H and O–H groups in total. The van der Waals surface area contributed by atoms with Crippen molar-refractivity contribution in [2.45, 2.75) is 19.1 Å². The maximum absolute atomic E-state index is 13.0. The van der Waals surface area contributed by atoms with Gasteiger partial charge in [-0.25, -0.2) is 0 Å². The summed E-state index contributed by atoms with van der Waals surface area (Å²) in [6.45, 7) is 1.78. The average molecular weight is 281 g/mol. The van der Waals surface area contributed by atoms with E-state index >= 15 is 0 Å². The molecule has 1 aromatic carbocycles. The number of nitrogens with zero attached hydrogens (tertiary/aromatic N) is 1. The van der Waals surface area contributed by atoms with Crippen LogP contribution in [0.2, 0.25) is 0 Å². The predicted octanol–water partition coefficient (Wildman–Crippen LogP) is 3.86. The fourth-order valence-electron chi connectivity index (χ4n) is 1.89. The molecule has 1 unspecified atom stereocenters. The van der Waals surface area contributed by atoms with Crippen molar-refractivity contribution in [2.75, 3.05) is 11.1 Å². The largest absolute Gasteiger partial charge is 0.418 e.